The highest BCUT2D eigenvalue weighted by Gasteiger charge is 2.10. The van der Waals surface area contributed by atoms with Gasteiger partial charge in [-0.3, -0.25) is 0 Å². The standard InChI is InChI=1S/C20H27FN4O2S2/c1-4-23-20(25-13-16-7-8-18(21)11-17(16)14-28-3)24-12-15-5-9-19(10-6-15)29(26,27)22-2/h5-11,22H,4,12-14H2,1-3H3,(H2,23,24,25). The third-order valence-corrected chi connectivity index (χ3v) is 6.21. The van der Waals surface area contributed by atoms with E-state index < -0.39 is 10.0 Å². The third-order valence-electron chi connectivity index (χ3n) is 4.18. The van der Waals surface area contributed by atoms with E-state index in [4.69, 9.17) is 0 Å². The normalized spacial score (nSPS) is 12.1. The Bertz CT molecular complexity index is 932. The molecule has 0 radical (unpaired) electrons. The lowest BCUT2D eigenvalue weighted by molar-refractivity contribution is 0.588. The number of sulfonamides is 1. The molecule has 0 amide bonds. The summed E-state index contributed by atoms with van der Waals surface area (Å²) in [5.41, 5.74) is 2.87. The van der Waals surface area contributed by atoms with E-state index in [1.165, 1.54) is 13.1 Å². The van der Waals surface area contributed by atoms with Gasteiger partial charge in [-0.15, -0.1) is 0 Å². The van der Waals surface area contributed by atoms with Crippen LogP contribution in [0.5, 0.6) is 0 Å². The van der Waals surface area contributed by atoms with Gasteiger partial charge >= 0.3 is 0 Å². The maximum absolute atomic E-state index is 13.5. The van der Waals surface area contributed by atoms with Crippen LogP contribution in [0.3, 0.4) is 0 Å². The Balaban J connectivity index is 2.07. The molecule has 0 heterocycles. The molecule has 0 bridgehead atoms. The summed E-state index contributed by atoms with van der Waals surface area (Å²) in [6.45, 7) is 3.61. The fourth-order valence-corrected chi connectivity index (χ4v) is 3.95. The molecule has 0 aliphatic carbocycles. The molecule has 0 spiro atoms. The molecule has 0 unspecified atom stereocenters. The first kappa shape index (κ1) is 23.2. The highest BCUT2D eigenvalue weighted by molar-refractivity contribution is 7.97. The van der Waals surface area contributed by atoms with Crippen LogP contribution in [-0.2, 0) is 28.9 Å². The molecule has 2 aromatic rings. The summed E-state index contributed by atoms with van der Waals surface area (Å²) in [5, 5.41) is 6.46. The number of guanidine groups is 1. The average Bonchev–Trinajstić information content (AvgIpc) is 2.71. The Kier molecular flexibility index (Phi) is 8.94. The molecule has 2 rings (SSSR count). The summed E-state index contributed by atoms with van der Waals surface area (Å²) in [7, 11) is -2.06. The first-order chi connectivity index (χ1) is 13.9. The number of hydrogen-bond acceptors (Lipinski definition) is 4. The van der Waals surface area contributed by atoms with Gasteiger partial charge in [0.25, 0.3) is 0 Å². The van der Waals surface area contributed by atoms with Gasteiger partial charge in [-0.2, -0.15) is 11.8 Å². The number of halogens is 1. The van der Waals surface area contributed by atoms with Gasteiger partial charge in [0.1, 0.15) is 5.82 Å². The van der Waals surface area contributed by atoms with Gasteiger partial charge in [-0.1, -0.05) is 18.2 Å². The molecular weight excluding hydrogens is 411 g/mol. The molecule has 0 aliphatic heterocycles. The van der Waals surface area contributed by atoms with Crippen LogP contribution in [0.25, 0.3) is 0 Å². The van der Waals surface area contributed by atoms with Crippen molar-refractivity contribution in [3.63, 3.8) is 0 Å². The molecule has 9 heteroatoms. The topological polar surface area (TPSA) is 82.6 Å². The summed E-state index contributed by atoms with van der Waals surface area (Å²) in [6.07, 6.45) is 1.99. The van der Waals surface area contributed by atoms with Crippen molar-refractivity contribution in [3.8, 4) is 0 Å². The highest BCUT2D eigenvalue weighted by atomic mass is 32.2. The Morgan fingerprint density at radius 2 is 1.83 bits per heavy atom. The van der Waals surface area contributed by atoms with Crippen LogP contribution in [0, 0.1) is 5.82 Å². The number of nitrogens with zero attached hydrogens (tertiary/aromatic N) is 1. The minimum atomic E-state index is -3.45. The lowest BCUT2D eigenvalue weighted by Gasteiger charge is -2.14. The third kappa shape index (κ3) is 7.02. The maximum atomic E-state index is 13.5. The van der Waals surface area contributed by atoms with Crippen LogP contribution < -0.4 is 15.4 Å². The number of thioether (sulfide) groups is 1. The Morgan fingerprint density at radius 1 is 1.10 bits per heavy atom. The van der Waals surface area contributed by atoms with E-state index >= 15 is 0 Å². The predicted molar refractivity (Wildman–Crippen MR) is 118 cm³/mol. The molecule has 2 aromatic carbocycles. The summed E-state index contributed by atoms with van der Waals surface area (Å²) in [4.78, 5) is 4.77. The van der Waals surface area contributed by atoms with Crippen LogP contribution in [0.1, 0.15) is 23.6 Å². The molecule has 0 aliphatic rings. The first-order valence-electron chi connectivity index (χ1n) is 9.20. The SMILES string of the molecule is CCNC(=NCc1ccc(S(=O)(=O)NC)cc1)NCc1ccc(F)cc1CSC. The Hall–Kier alpha value is -2.10. The van der Waals surface area contributed by atoms with E-state index in [1.807, 2.05) is 13.2 Å². The minimum absolute atomic E-state index is 0.218. The van der Waals surface area contributed by atoms with Crippen molar-refractivity contribution in [1.82, 2.24) is 15.4 Å². The second-order valence-corrected chi connectivity index (χ2v) is 9.00. The van der Waals surface area contributed by atoms with Crippen LogP contribution in [0.2, 0.25) is 0 Å². The van der Waals surface area contributed by atoms with Gasteiger partial charge < -0.3 is 10.6 Å². The lowest BCUT2D eigenvalue weighted by atomic mass is 10.1. The van der Waals surface area contributed by atoms with Gasteiger partial charge in [0, 0.05) is 18.8 Å². The summed E-state index contributed by atoms with van der Waals surface area (Å²) >= 11 is 1.65. The number of aliphatic imine (C=N–C) groups is 1. The van der Waals surface area contributed by atoms with Gasteiger partial charge in [-0.05, 0) is 61.2 Å². The van der Waals surface area contributed by atoms with Crippen molar-refractivity contribution in [2.45, 2.75) is 30.7 Å². The molecule has 0 aromatic heterocycles. The molecular formula is C20H27FN4O2S2. The number of benzene rings is 2. The van der Waals surface area contributed by atoms with Crippen LogP contribution in [0.15, 0.2) is 52.4 Å². The molecule has 0 fully saturated rings. The molecule has 0 saturated carbocycles. The predicted octanol–water partition coefficient (Wildman–Crippen LogP) is 2.85. The fraction of sp³-hybridized carbons (Fsp3) is 0.350. The van der Waals surface area contributed by atoms with Crippen LogP contribution in [-0.4, -0.2) is 34.2 Å². The Morgan fingerprint density at radius 3 is 2.45 bits per heavy atom. The average molecular weight is 439 g/mol. The van der Waals surface area contributed by atoms with Crippen LogP contribution >= 0.6 is 11.8 Å². The van der Waals surface area contributed by atoms with Gasteiger partial charge in [0.15, 0.2) is 5.96 Å². The minimum Gasteiger partial charge on any atom is -0.357 e. The van der Waals surface area contributed by atoms with Gasteiger partial charge in [0.2, 0.25) is 10.0 Å². The highest BCUT2D eigenvalue weighted by Crippen LogP contribution is 2.16. The van der Waals surface area contributed by atoms with Crippen molar-refractivity contribution in [3.05, 3.63) is 65.0 Å². The molecule has 158 valence electrons. The summed E-state index contributed by atoms with van der Waals surface area (Å²) in [5.74, 6) is 1.14. The van der Waals surface area contributed by atoms with Crippen molar-refractivity contribution in [2.24, 2.45) is 4.99 Å². The second-order valence-electron chi connectivity index (χ2n) is 6.25. The number of hydrogen-bond donors (Lipinski definition) is 3. The van der Waals surface area contributed by atoms with Crippen molar-refractivity contribution < 1.29 is 12.8 Å². The number of nitrogens with one attached hydrogen (secondary N) is 3. The molecule has 3 N–H and O–H groups in total. The molecule has 0 saturated heterocycles. The number of rotatable bonds is 9. The monoisotopic (exact) mass is 438 g/mol. The second kappa shape index (κ2) is 11.2. The summed E-state index contributed by atoms with van der Waals surface area (Å²) in [6, 6.07) is 11.4. The van der Waals surface area contributed by atoms with Crippen molar-refractivity contribution >= 4 is 27.7 Å². The smallest absolute Gasteiger partial charge is 0.240 e. The molecule has 0 atom stereocenters. The van der Waals surface area contributed by atoms with Gasteiger partial charge in [0.05, 0.1) is 11.4 Å². The zero-order chi connectivity index (χ0) is 21.3. The van der Waals surface area contributed by atoms with E-state index in [9.17, 15) is 12.8 Å². The van der Waals surface area contributed by atoms with Crippen LogP contribution in [0.4, 0.5) is 4.39 Å². The summed E-state index contributed by atoms with van der Waals surface area (Å²) < 4.78 is 39.4. The maximum Gasteiger partial charge on any atom is 0.240 e. The lowest BCUT2D eigenvalue weighted by Crippen LogP contribution is -2.37. The first-order valence-corrected chi connectivity index (χ1v) is 12.1. The quantitative estimate of drug-likeness (QED) is 0.414. The largest absolute Gasteiger partial charge is 0.357 e. The van der Waals surface area contributed by atoms with Crippen molar-refractivity contribution in [2.75, 3.05) is 19.8 Å². The van der Waals surface area contributed by atoms with E-state index in [-0.39, 0.29) is 10.7 Å². The van der Waals surface area contributed by atoms with E-state index in [0.717, 1.165) is 22.4 Å². The Labute approximate surface area is 176 Å². The van der Waals surface area contributed by atoms with E-state index in [2.05, 4.69) is 20.3 Å². The van der Waals surface area contributed by atoms with Crippen molar-refractivity contribution in [1.29, 1.82) is 0 Å². The zero-order valence-corrected chi connectivity index (χ0v) is 18.5. The van der Waals surface area contributed by atoms with Gasteiger partial charge in [-0.25, -0.2) is 22.5 Å². The molecule has 6 nitrogen and oxygen atoms in total. The zero-order valence-electron chi connectivity index (χ0n) is 16.8. The van der Waals surface area contributed by atoms with E-state index in [0.29, 0.717) is 25.6 Å². The fourth-order valence-electron chi connectivity index (χ4n) is 2.64. The van der Waals surface area contributed by atoms with E-state index in [1.54, 1.807) is 48.2 Å². The molecule has 29 heavy (non-hydrogen) atoms.